The molecule has 1 atom stereocenters. The number of nitrogens with zero attached hydrogens (tertiary/aromatic N) is 2. The van der Waals surface area contributed by atoms with Gasteiger partial charge in [0.1, 0.15) is 6.04 Å². The van der Waals surface area contributed by atoms with E-state index in [1.54, 1.807) is 0 Å². The SMILES string of the molecule is O=C1CCC(C(=O)N2CCN(CC3CC3)CC2)N1. The van der Waals surface area contributed by atoms with Gasteiger partial charge in [0.05, 0.1) is 0 Å². The maximum absolute atomic E-state index is 12.2. The van der Waals surface area contributed by atoms with E-state index in [9.17, 15) is 9.59 Å². The van der Waals surface area contributed by atoms with Gasteiger partial charge >= 0.3 is 0 Å². The molecule has 2 saturated heterocycles. The highest BCUT2D eigenvalue weighted by Crippen LogP contribution is 2.29. The van der Waals surface area contributed by atoms with Crippen LogP contribution in [0.4, 0.5) is 0 Å². The summed E-state index contributed by atoms with van der Waals surface area (Å²) in [6.45, 7) is 4.82. The normalized spacial score (nSPS) is 29.4. The van der Waals surface area contributed by atoms with Gasteiger partial charge in [-0.2, -0.15) is 0 Å². The third-order valence-electron chi connectivity index (χ3n) is 4.19. The molecule has 0 aromatic heterocycles. The van der Waals surface area contributed by atoms with Gasteiger partial charge in [-0.3, -0.25) is 14.5 Å². The molecule has 0 radical (unpaired) electrons. The number of carbonyl (C=O) groups excluding carboxylic acids is 2. The van der Waals surface area contributed by atoms with Crippen molar-refractivity contribution >= 4 is 11.8 Å². The Morgan fingerprint density at radius 3 is 2.44 bits per heavy atom. The Hall–Kier alpha value is -1.10. The molecule has 1 saturated carbocycles. The summed E-state index contributed by atoms with van der Waals surface area (Å²) in [4.78, 5) is 27.7. The number of nitrogens with one attached hydrogen (secondary N) is 1. The average Bonchev–Trinajstić information content (AvgIpc) is 3.09. The molecule has 2 heterocycles. The second-order valence-electron chi connectivity index (χ2n) is 5.73. The minimum absolute atomic E-state index is 0.0146. The molecular formula is C13H21N3O2. The van der Waals surface area contributed by atoms with Crippen molar-refractivity contribution < 1.29 is 9.59 Å². The topological polar surface area (TPSA) is 52.7 Å². The zero-order chi connectivity index (χ0) is 12.5. The summed E-state index contributed by atoms with van der Waals surface area (Å²) in [7, 11) is 0. The fourth-order valence-electron chi connectivity index (χ4n) is 2.84. The molecule has 0 spiro atoms. The minimum Gasteiger partial charge on any atom is -0.344 e. The summed E-state index contributed by atoms with van der Waals surface area (Å²) in [5.74, 6) is 1.05. The molecule has 0 aromatic carbocycles. The number of rotatable bonds is 3. The van der Waals surface area contributed by atoms with Gasteiger partial charge in [-0.1, -0.05) is 0 Å². The van der Waals surface area contributed by atoms with Gasteiger partial charge in [-0.05, 0) is 25.2 Å². The first-order chi connectivity index (χ1) is 8.72. The fourth-order valence-corrected chi connectivity index (χ4v) is 2.84. The van der Waals surface area contributed by atoms with Gasteiger partial charge < -0.3 is 10.2 Å². The van der Waals surface area contributed by atoms with Gasteiger partial charge in [-0.15, -0.1) is 0 Å². The third-order valence-corrected chi connectivity index (χ3v) is 4.19. The highest BCUT2D eigenvalue weighted by molar-refractivity contribution is 5.90. The van der Waals surface area contributed by atoms with Crippen LogP contribution < -0.4 is 5.32 Å². The molecule has 2 amide bonds. The third kappa shape index (κ3) is 2.66. The van der Waals surface area contributed by atoms with E-state index in [1.165, 1.54) is 19.4 Å². The Morgan fingerprint density at radius 2 is 1.89 bits per heavy atom. The van der Waals surface area contributed by atoms with Gasteiger partial charge in [0, 0.05) is 39.1 Å². The van der Waals surface area contributed by atoms with Gasteiger partial charge in [-0.25, -0.2) is 0 Å². The van der Waals surface area contributed by atoms with E-state index in [1.807, 2.05) is 4.90 Å². The highest BCUT2D eigenvalue weighted by atomic mass is 16.2. The van der Waals surface area contributed by atoms with E-state index < -0.39 is 0 Å². The van der Waals surface area contributed by atoms with E-state index in [0.29, 0.717) is 12.8 Å². The van der Waals surface area contributed by atoms with Crippen molar-refractivity contribution in [3.05, 3.63) is 0 Å². The van der Waals surface area contributed by atoms with Crippen LogP contribution >= 0.6 is 0 Å². The van der Waals surface area contributed by atoms with Crippen molar-refractivity contribution in [1.82, 2.24) is 15.1 Å². The summed E-state index contributed by atoms with van der Waals surface area (Å²) >= 11 is 0. The maximum Gasteiger partial charge on any atom is 0.245 e. The van der Waals surface area contributed by atoms with Gasteiger partial charge in [0.15, 0.2) is 0 Å². The predicted octanol–water partition coefficient (Wildman–Crippen LogP) is -0.181. The van der Waals surface area contributed by atoms with E-state index in [-0.39, 0.29) is 17.9 Å². The van der Waals surface area contributed by atoms with Crippen molar-refractivity contribution in [1.29, 1.82) is 0 Å². The minimum atomic E-state index is -0.257. The van der Waals surface area contributed by atoms with E-state index in [0.717, 1.165) is 32.1 Å². The van der Waals surface area contributed by atoms with Crippen LogP contribution in [0.3, 0.4) is 0 Å². The second kappa shape index (κ2) is 4.88. The molecule has 5 heteroatoms. The number of piperazine rings is 1. The van der Waals surface area contributed by atoms with Crippen molar-refractivity contribution in [3.8, 4) is 0 Å². The Bertz CT molecular complexity index is 346. The molecule has 0 bridgehead atoms. The highest BCUT2D eigenvalue weighted by Gasteiger charge is 2.33. The lowest BCUT2D eigenvalue weighted by Crippen LogP contribution is -2.53. The molecule has 3 fully saturated rings. The van der Waals surface area contributed by atoms with Gasteiger partial charge in [0.2, 0.25) is 11.8 Å². The quantitative estimate of drug-likeness (QED) is 0.757. The molecule has 2 aliphatic heterocycles. The molecule has 100 valence electrons. The van der Waals surface area contributed by atoms with Gasteiger partial charge in [0.25, 0.3) is 0 Å². The van der Waals surface area contributed by atoms with E-state index >= 15 is 0 Å². The number of hydrogen-bond donors (Lipinski definition) is 1. The van der Waals surface area contributed by atoms with Crippen LogP contribution in [0, 0.1) is 5.92 Å². The first kappa shape index (κ1) is 12.0. The van der Waals surface area contributed by atoms with Crippen molar-refractivity contribution in [2.75, 3.05) is 32.7 Å². The monoisotopic (exact) mass is 251 g/mol. The maximum atomic E-state index is 12.2. The Kier molecular flexibility index (Phi) is 3.24. The average molecular weight is 251 g/mol. The Morgan fingerprint density at radius 1 is 1.17 bits per heavy atom. The molecule has 0 aromatic rings. The van der Waals surface area contributed by atoms with E-state index in [4.69, 9.17) is 0 Å². The summed E-state index contributed by atoms with van der Waals surface area (Å²) < 4.78 is 0. The van der Waals surface area contributed by atoms with Crippen molar-refractivity contribution in [2.24, 2.45) is 5.92 Å². The second-order valence-corrected chi connectivity index (χ2v) is 5.73. The van der Waals surface area contributed by atoms with Crippen molar-refractivity contribution in [3.63, 3.8) is 0 Å². The Balaban J connectivity index is 1.46. The summed E-state index contributed by atoms with van der Waals surface area (Å²) in [5, 5.41) is 2.76. The van der Waals surface area contributed by atoms with Crippen LogP contribution in [-0.2, 0) is 9.59 Å². The van der Waals surface area contributed by atoms with Crippen LogP contribution in [0.5, 0.6) is 0 Å². The molecule has 1 aliphatic carbocycles. The first-order valence-corrected chi connectivity index (χ1v) is 7.03. The Labute approximate surface area is 107 Å². The molecule has 3 aliphatic rings. The lowest BCUT2D eigenvalue weighted by atomic mass is 10.2. The van der Waals surface area contributed by atoms with Crippen LogP contribution in [0.1, 0.15) is 25.7 Å². The molecule has 1 unspecified atom stereocenters. The van der Waals surface area contributed by atoms with Crippen LogP contribution in [0.2, 0.25) is 0 Å². The number of amides is 2. The van der Waals surface area contributed by atoms with Crippen LogP contribution in [-0.4, -0.2) is 60.4 Å². The summed E-state index contributed by atoms with van der Waals surface area (Å²) in [6.07, 6.45) is 3.93. The lowest BCUT2D eigenvalue weighted by molar-refractivity contribution is -0.136. The molecule has 3 rings (SSSR count). The molecular weight excluding hydrogens is 230 g/mol. The molecule has 5 nitrogen and oxygen atoms in total. The number of carbonyl (C=O) groups is 2. The zero-order valence-corrected chi connectivity index (χ0v) is 10.7. The smallest absolute Gasteiger partial charge is 0.245 e. The zero-order valence-electron chi connectivity index (χ0n) is 10.7. The summed E-state index contributed by atoms with van der Waals surface area (Å²) in [6, 6.07) is -0.257. The van der Waals surface area contributed by atoms with Crippen LogP contribution in [0.25, 0.3) is 0 Å². The molecule has 18 heavy (non-hydrogen) atoms. The summed E-state index contributed by atoms with van der Waals surface area (Å²) in [5.41, 5.74) is 0. The first-order valence-electron chi connectivity index (χ1n) is 7.03. The fraction of sp³-hybridized carbons (Fsp3) is 0.846. The largest absolute Gasteiger partial charge is 0.344 e. The number of hydrogen-bond acceptors (Lipinski definition) is 3. The standard InChI is InChI=1S/C13H21N3O2/c17-12-4-3-11(14-12)13(18)16-7-5-15(6-8-16)9-10-1-2-10/h10-11H,1-9H2,(H,14,17). The van der Waals surface area contributed by atoms with Crippen molar-refractivity contribution in [2.45, 2.75) is 31.7 Å². The van der Waals surface area contributed by atoms with E-state index in [2.05, 4.69) is 10.2 Å². The molecule has 1 N–H and O–H groups in total. The lowest BCUT2D eigenvalue weighted by Gasteiger charge is -2.35. The van der Waals surface area contributed by atoms with Crippen LogP contribution in [0.15, 0.2) is 0 Å². The predicted molar refractivity (Wildman–Crippen MR) is 66.9 cm³/mol.